The molecule has 5 heteroatoms. The van der Waals surface area contributed by atoms with Crippen molar-refractivity contribution in [1.29, 1.82) is 0 Å². The van der Waals surface area contributed by atoms with E-state index in [1.165, 1.54) is 0 Å². The average Bonchev–Trinajstić information content (AvgIpc) is 2.64. The minimum atomic E-state index is -0.110. The lowest BCUT2D eigenvalue weighted by Gasteiger charge is -2.11. The molecule has 0 aliphatic rings. The van der Waals surface area contributed by atoms with Crippen molar-refractivity contribution in [2.24, 2.45) is 5.92 Å². The number of amides is 1. The Hall–Kier alpha value is -2.69. The zero-order valence-electron chi connectivity index (χ0n) is 15.7. The Morgan fingerprint density at radius 1 is 1.00 bits per heavy atom. The van der Waals surface area contributed by atoms with Gasteiger partial charge in [0.1, 0.15) is 11.5 Å². The first-order chi connectivity index (χ1) is 12.6. The highest BCUT2D eigenvalue weighted by atomic mass is 16.5. The predicted octanol–water partition coefficient (Wildman–Crippen LogP) is 4.56. The van der Waals surface area contributed by atoms with Crippen molar-refractivity contribution in [2.45, 2.75) is 27.2 Å². The van der Waals surface area contributed by atoms with Crippen LogP contribution in [0.2, 0.25) is 0 Å². The highest BCUT2D eigenvalue weighted by Gasteiger charge is 2.04. The number of carbonyl (C=O) groups is 1. The lowest BCUT2D eigenvalue weighted by molar-refractivity contribution is -0.114. The molecule has 140 valence electrons. The standard InChI is InChI=1S/C21H28N2O3/c1-4-12-25-20-7-5-6-18(13-20)22-14-21(24)23-17-8-10-19(11-9-17)26-15-16(2)3/h5-11,13,16,22H,4,12,14-15H2,1-3H3,(H,23,24). The maximum absolute atomic E-state index is 12.1. The van der Waals surface area contributed by atoms with Crippen LogP contribution in [-0.2, 0) is 4.79 Å². The van der Waals surface area contributed by atoms with E-state index in [0.717, 1.165) is 29.3 Å². The normalized spacial score (nSPS) is 10.5. The van der Waals surface area contributed by atoms with Gasteiger partial charge in [0.05, 0.1) is 19.8 Å². The minimum Gasteiger partial charge on any atom is -0.494 e. The van der Waals surface area contributed by atoms with Gasteiger partial charge in [-0.3, -0.25) is 4.79 Å². The van der Waals surface area contributed by atoms with Crippen LogP contribution in [0.3, 0.4) is 0 Å². The lowest BCUT2D eigenvalue weighted by atomic mass is 10.2. The van der Waals surface area contributed by atoms with Gasteiger partial charge in [0, 0.05) is 17.4 Å². The third kappa shape index (κ3) is 7.05. The predicted molar refractivity (Wildman–Crippen MR) is 106 cm³/mol. The summed E-state index contributed by atoms with van der Waals surface area (Å²) in [5, 5.41) is 5.97. The Morgan fingerprint density at radius 3 is 2.46 bits per heavy atom. The van der Waals surface area contributed by atoms with Crippen LogP contribution >= 0.6 is 0 Å². The van der Waals surface area contributed by atoms with E-state index in [0.29, 0.717) is 19.1 Å². The zero-order chi connectivity index (χ0) is 18.8. The molecule has 2 aromatic rings. The molecule has 2 N–H and O–H groups in total. The number of carbonyl (C=O) groups excluding carboxylic acids is 1. The first-order valence-electron chi connectivity index (χ1n) is 9.06. The summed E-state index contributed by atoms with van der Waals surface area (Å²) in [5.41, 5.74) is 1.60. The summed E-state index contributed by atoms with van der Waals surface area (Å²) in [6.07, 6.45) is 0.960. The van der Waals surface area contributed by atoms with Gasteiger partial charge < -0.3 is 20.1 Å². The molecule has 0 aromatic heterocycles. The van der Waals surface area contributed by atoms with Crippen molar-refractivity contribution >= 4 is 17.3 Å². The fourth-order valence-corrected chi connectivity index (χ4v) is 2.20. The molecule has 0 saturated carbocycles. The Morgan fingerprint density at radius 2 is 1.77 bits per heavy atom. The van der Waals surface area contributed by atoms with E-state index in [-0.39, 0.29) is 12.5 Å². The maximum Gasteiger partial charge on any atom is 0.243 e. The van der Waals surface area contributed by atoms with Gasteiger partial charge in [-0.25, -0.2) is 0 Å². The van der Waals surface area contributed by atoms with Crippen LogP contribution in [-0.4, -0.2) is 25.7 Å². The summed E-state index contributed by atoms with van der Waals surface area (Å²) >= 11 is 0. The minimum absolute atomic E-state index is 0.110. The summed E-state index contributed by atoms with van der Waals surface area (Å²) in [6, 6.07) is 15.0. The first-order valence-corrected chi connectivity index (χ1v) is 9.06. The summed E-state index contributed by atoms with van der Waals surface area (Å²) in [4.78, 5) is 12.1. The van der Waals surface area contributed by atoms with Crippen LogP contribution in [0.25, 0.3) is 0 Å². The third-order valence-electron chi connectivity index (χ3n) is 3.48. The first kappa shape index (κ1) is 19.6. The fourth-order valence-electron chi connectivity index (χ4n) is 2.20. The van der Waals surface area contributed by atoms with Gasteiger partial charge in [0.25, 0.3) is 0 Å². The van der Waals surface area contributed by atoms with E-state index >= 15 is 0 Å². The summed E-state index contributed by atoms with van der Waals surface area (Å²) in [7, 11) is 0. The third-order valence-corrected chi connectivity index (χ3v) is 3.48. The van der Waals surface area contributed by atoms with Crippen molar-refractivity contribution in [3.63, 3.8) is 0 Å². The van der Waals surface area contributed by atoms with Crippen LogP contribution in [0.4, 0.5) is 11.4 Å². The van der Waals surface area contributed by atoms with E-state index in [9.17, 15) is 4.79 Å². The number of anilines is 2. The molecule has 0 aliphatic heterocycles. The van der Waals surface area contributed by atoms with Crippen LogP contribution in [0, 0.1) is 5.92 Å². The summed E-state index contributed by atoms with van der Waals surface area (Å²) in [5.74, 6) is 1.97. The molecule has 26 heavy (non-hydrogen) atoms. The Kier molecular flexibility index (Phi) is 7.80. The molecule has 5 nitrogen and oxygen atoms in total. The number of rotatable bonds is 10. The summed E-state index contributed by atoms with van der Waals surface area (Å²) < 4.78 is 11.2. The van der Waals surface area contributed by atoms with Crippen LogP contribution in [0.15, 0.2) is 48.5 Å². The smallest absolute Gasteiger partial charge is 0.243 e. The van der Waals surface area contributed by atoms with E-state index in [2.05, 4.69) is 31.4 Å². The largest absolute Gasteiger partial charge is 0.494 e. The SMILES string of the molecule is CCCOc1cccc(NCC(=O)Nc2ccc(OCC(C)C)cc2)c1. The molecule has 2 aromatic carbocycles. The molecule has 0 bridgehead atoms. The van der Waals surface area contributed by atoms with E-state index < -0.39 is 0 Å². The number of hydrogen-bond acceptors (Lipinski definition) is 4. The van der Waals surface area contributed by atoms with Gasteiger partial charge in [-0.15, -0.1) is 0 Å². The molecule has 0 aliphatic carbocycles. The molecule has 0 saturated heterocycles. The van der Waals surface area contributed by atoms with Crippen LogP contribution in [0.1, 0.15) is 27.2 Å². The lowest BCUT2D eigenvalue weighted by Crippen LogP contribution is -2.21. The van der Waals surface area contributed by atoms with Crippen molar-refractivity contribution < 1.29 is 14.3 Å². The number of nitrogens with one attached hydrogen (secondary N) is 2. The van der Waals surface area contributed by atoms with Gasteiger partial charge in [-0.2, -0.15) is 0 Å². The van der Waals surface area contributed by atoms with Crippen molar-refractivity contribution in [3.8, 4) is 11.5 Å². The molecule has 0 heterocycles. The quantitative estimate of drug-likeness (QED) is 0.655. The van der Waals surface area contributed by atoms with Gasteiger partial charge in [0.2, 0.25) is 5.91 Å². The highest BCUT2D eigenvalue weighted by molar-refractivity contribution is 5.93. The molecule has 2 rings (SSSR count). The number of ether oxygens (including phenoxy) is 2. The second kappa shape index (κ2) is 10.3. The molecular weight excluding hydrogens is 328 g/mol. The maximum atomic E-state index is 12.1. The fraction of sp³-hybridized carbons (Fsp3) is 0.381. The summed E-state index contributed by atoms with van der Waals surface area (Å²) in [6.45, 7) is 7.82. The zero-order valence-corrected chi connectivity index (χ0v) is 15.7. The van der Waals surface area contributed by atoms with Crippen molar-refractivity contribution in [3.05, 3.63) is 48.5 Å². The van der Waals surface area contributed by atoms with Crippen molar-refractivity contribution in [1.82, 2.24) is 0 Å². The topological polar surface area (TPSA) is 59.6 Å². The number of hydrogen-bond donors (Lipinski definition) is 2. The Bertz CT molecular complexity index is 684. The molecular formula is C21H28N2O3. The van der Waals surface area contributed by atoms with Gasteiger partial charge >= 0.3 is 0 Å². The van der Waals surface area contributed by atoms with E-state index in [4.69, 9.17) is 9.47 Å². The monoisotopic (exact) mass is 356 g/mol. The number of benzene rings is 2. The molecule has 0 radical (unpaired) electrons. The van der Waals surface area contributed by atoms with Crippen LogP contribution in [0.5, 0.6) is 11.5 Å². The van der Waals surface area contributed by atoms with Gasteiger partial charge in [-0.05, 0) is 48.7 Å². The van der Waals surface area contributed by atoms with Gasteiger partial charge in [0.15, 0.2) is 0 Å². The molecule has 0 atom stereocenters. The van der Waals surface area contributed by atoms with Crippen LogP contribution < -0.4 is 20.1 Å². The Labute approximate surface area is 155 Å². The molecule has 0 spiro atoms. The molecule has 0 fully saturated rings. The highest BCUT2D eigenvalue weighted by Crippen LogP contribution is 2.18. The molecule has 1 amide bonds. The van der Waals surface area contributed by atoms with Gasteiger partial charge in [-0.1, -0.05) is 26.8 Å². The second-order valence-corrected chi connectivity index (χ2v) is 6.51. The van der Waals surface area contributed by atoms with E-state index in [1.54, 1.807) is 0 Å². The Balaban J connectivity index is 1.79. The van der Waals surface area contributed by atoms with E-state index in [1.807, 2.05) is 48.5 Å². The average molecular weight is 356 g/mol. The second-order valence-electron chi connectivity index (χ2n) is 6.51. The van der Waals surface area contributed by atoms with Crippen molar-refractivity contribution in [2.75, 3.05) is 30.4 Å². The molecule has 0 unspecified atom stereocenters.